The van der Waals surface area contributed by atoms with Gasteiger partial charge in [-0.15, -0.1) is 34.2 Å². The molecule has 2 N–H and O–H groups in total. The number of nitrogens with one attached hydrogen (secondary N) is 2. The van der Waals surface area contributed by atoms with E-state index in [0.29, 0.717) is 13.2 Å². The summed E-state index contributed by atoms with van der Waals surface area (Å²) in [5.41, 5.74) is 0. The van der Waals surface area contributed by atoms with Gasteiger partial charge < -0.3 is 19.9 Å². The summed E-state index contributed by atoms with van der Waals surface area (Å²) >= 11 is 0. The van der Waals surface area contributed by atoms with Gasteiger partial charge in [-0.3, -0.25) is 0 Å². The Morgan fingerprint density at radius 2 is 2.04 bits per heavy atom. The van der Waals surface area contributed by atoms with E-state index in [4.69, 9.17) is 4.74 Å². The van der Waals surface area contributed by atoms with E-state index in [-0.39, 0.29) is 24.0 Å². The molecule has 0 aliphatic heterocycles. The third kappa shape index (κ3) is 7.16. The van der Waals surface area contributed by atoms with Gasteiger partial charge in [0.25, 0.3) is 0 Å². The molecule has 0 spiro atoms. The summed E-state index contributed by atoms with van der Waals surface area (Å²) in [6.45, 7) is 4.80. The zero-order valence-electron chi connectivity index (χ0n) is 14.1. The van der Waals surface area contributed by atoms with Gasteiger partial charge in [-0.25, -0.2) is 4.99 Å². The monoisotopic (exact) mass is 444 g/mol. The van der Waals surface area contributed by atoms with Crippen LogP contribution in [0.15, 0.2) is 41.7 Å². The highest BCUT2D eigenvalue weighted by atomic mass is 127. The zero-order valence-corrected chi connectivity index (χ0v) is 16.4. The first kappa shape index (κ1) is 20.2. The fraction of sp³-hybridized carbons (Fsp3) is 0.438. The van der Waals surface area contributed by atoms with Gasteiger partial charge in [-0.05, 0) is 25.5 Å². The predicted molar refractivity (Wildman–Crippen MR) is 106 cm³/mol. The number of aryl methyl sites for hydroxylation is 1. The molecule has 0 aliphatic carbocycles. The highest BCUT2D eigenvalue weighted by molar-refractivity contribution is 14.0. The van der Waals surface area contributed by atoms with E-state index < -0.39 is 0 Å². The number of nitrogens with zero attached hydrogens (tertiary/aromatic N) is 4. The standard InChI is InChI=1S/C16H24N6O.HI/c1-3-17-16(19-12-15-21-20-13-22(15)2)18-10-7-11-23-14-8-5-4-6-9-14;/h4-6,8-9,13H,3,7,10-12H2,1-2H3,(H2,17,18,19);1H. The van der Waals surface area contributed by atoms with E-state index in [1.807, 2.05) is 48.9 Å². The van der Waals surface area contributed by atoms with Crippen LogP contribution in [-0.4, -0.2) is 40.4 Å². The van der Waals surface area contributed by atoms with Crippen molar-refractivity contribution in [3.8, 4) is 5.75 Å². The summed E-state index contributed by atoms with van der Waals surface area (Å²) in [6.07, 6.45) is 2.56. The SMILES string of the molecule is CCNC(=NCc1nncn1C)NCCCOc1ccccc1.I. The molecule has 0 saturated carbocycles. The van der Waals surface area contributed by atoms with Crippen molar-refractivity contribution >= 4 is 29.9 Å². The van der Waals surface area contributed by atoms with Crippen molar-refractivity contribution in [2.24, 2.45) is 12.0 Å². The van der Waals surface area contributed by atoms with E-state index in [1.54, 1.807) is 6.33 Å². The molecule has 132 valence electrons. The highest BCUT2D eigenvalue weighted by Gasteiger charge is 2.01. The van der Waals surface area contributed by atoms with Crippen molar-refractivity contribution in [3.05, 3.63) is 42.5 Å². The number of rotatable bonds is 8. The average Bonchev–Trinajstić information content (AvgIpc) is 2.98. The zero-order chi connectivity index (χ0) is 16.3. The minimum absolute atomic E-state index is 0. The smallest absolute Gasteiger partial charge is 0.191 e. The van der Waals surface area contributed by atoms with Crippen molar-refractivity contribution in [1.82, 2.24) is 25.4 Å². The minimum Gasteiger partial charge on any atom is -0.494 e. The van der Waals surface area contributed by atoms with Gasteiger partial charge in [0.15, 0.2) is 11.8 Å². The van der Waals surface area contributed by atoms with E-state index in [0.717, 1.165) is 37.0 Å². The topological polar surface area (TPSA) is 76.4 Å². The van der Waals surface area contributed by atoms with Crippen molar-refractivity contribution in [1.29, 1.82) is 0 Å². The van der Waals surface area contributed by atoms with E-state index >= 15 is 0 Å². The highest BCUT2D eigenvalue weighted by Crippen LogP contribution is 2.07. The first-order valence-corrected chi connectivity index (χ1v) is 7.82. The maximum atomic E-state index is 5.66. The van der Waals surface area contributed by atoms with Crippen LogP contribution < -0.4 is 15.4 Å². The number of hydrogen-bond donors (Lipinski definition) is 2. The van der Waals surface area contributed by atoms with Crippen molar-refractivity contribution in [3.63, 3.8) is 0 Å². The van der Waals surface area contributed by atoms with Gasteiger partial charge in [0.1, 0.15) is 18.6 Å². The Labute approximate surface area is 159 Å². The fourth-order valence-corrected chi connectivity index (χ4v) is 1.93. The Hall–Kier alpha value is -1.84. The van der Waals surface area contributed by atoms with Crippen molar-refractivity contribution in [2.75, 3.05) is 19.7 Å². The molecule has 24 heavy (non-hydrogen) atoms. The van der Waals surface area contributed by atoms with Crippen molar-refractivity contribution < 1.29 is 4.74 Å². The molecule has 0 aliphatic rings. The van der Waals surface area contributed by atoms with Crippen LogP contribution in [0.4, 0.5) is 0 Å². The maximum Gasteiger partial charge on any atom is 0.191 e. The second-order valence-corrected chi connectivity index (χ2v) is 5.00. The quantitative estimate of drug-likeness (QED) is 0.282. The molecule has 1 aromatic heterocycles. The lowest BCUT2D eigenvalue weighted by Crippen LogP contribution is -2.38. The molecule has 8 heteroatoms. The predicted octanol–water partition coefficient (Wildman–Crippen LogP) is 1.96. The third-order valence-electron chi connectivity index (χ3n) is 3.15. The van der Waals surface area contributed by atoms with Gasteiger partial charge in [-0.1, -0.05) is 18.2 Å². The molecule has 0 atom stereocenters. The Morgan fingerprint density at radius 3 is 2.71 bits per heavy atom. The Bertz CT molecular complexity index is 602. The number of guanidine groups is 1. The number of hydrogen-bond acceptors (Lipinski definition) is 4. The first-order chi connectivity index (χ1) is 11.3. The van der Waals surface area contributed by atoms with Crippen LogP contribution in [0.2, 0.25) is 0 Å². The van der Waals surface area contributed by atoms with Crippen LogP contribution in [0.25, 0.3) is 0 Å². The Balaban J connectivity index is 0.00000288. The van der Waals surface area contributed by atoms with Gasteiger partial charge >= 0.3 is 0 Å². The van der Waals surface area contributed by atoms with Crippen LogP contribution in [0, 0.1) is 0 Å². The molecule has 1 heterocycles. The summed E-state index contributed by atoms with van der Waals surface area (Å²) in [7, 11) is 1.91. The molecule has 2 aromatic rings. The molecular weight excluding hydrogens is 419 g/mol. The summed E-state index contributed by atoms with van der Waals surface area (Å²) in [4.78, 5) is 4.50. The minimum atomic E-state index is 0. The Morgan fingerprint density at radius 1 is 1.25 bits per heavy atom. The van der Waals surface area contributed by atoms with E-state index in [1.165, 1.54) is 0 Å². The van der Waals surface area contributed by atoms with Crippen molar-refractivity contribution in [2.45, 2.75) is 19.9 Å². The molecule has 0 amide bonds. The lowest BCUT2D eigenvalue weighted by atomic mass is 10.3. The lowest BCUT2D eigenvalue weighted by Gasteiger charge is -2.11. The second-order valence-electron chi connectivity index (χ2n) is 5.00. The van der Waals surface area contributed by atoms with Gasteiger partial charge in [-0.2, -0.15) is 0 Å². The maximum absolute atomic E-state index is 5.66. The normalized spacial score (nSPS) is 10.8. The molecule has 0 bridgehead atoms. The summed E-state index contributed by atoms with van der Waals surface area (Å²) in [5, 5.41) is 14.4. The second kappa shape index (κ2) is 11.7. The van der Waals surface area contributed by atoms with Gasteiger partial charge in [0, 0.05) is 20.1 Å². The first-order valence-electron chi connectivity index (χ1n) is 7.82. The number of aromatic nitrogens is 3. The van der Waals surface area contributed by atoms with Crippen LogP contribution in [0.3, 0.4) is 0 Å². The van der Waals surface area contributed by atoms with Gasteiger partial charge in [0.05, 0.1) is 6.61 Å². The summed E-state index contributed by atoms with van der Waals surface area (Å²) in [5.74, 6) is 2.50. The summed E-state index contributed by atoms with van der Waals surface area (Å²) < 4.78 is 7.52. The molecule has 2 rings (SSSR count). The number of halogens is 1. The molecule has 1 aromatic carbocycles. The average molecular weight is 444 g/mol. The molecule has 7 nitrogen and oxygen atoms in total. The summed E-state index contributed by atoms with van der Waals surface area (Å²) in [6, 6.07) is 9.83. The molecular formula is C16H25IN6O. The van der Waals surface area contributed by atoms with Crippen LogP contribution in [0.1, 0.15) is 19.2 Å². The van der Waals surface area contributed by atoms with E-state index in [9.17, 15) is 0 Å². The van der Waals surface area contributed by atoms with Crippen LogP contribution >= 0.6 is 24.0 Å². The number of para-hydroxylation sites is 1. The number of aliphatic imine (C=N–C) groups is 1. The molecule has 0 saturated heterocycles. The number of benzene rings is 1. The van der Waals surface area contributed by atoms with Gasteiger partial charge in [0.2, 0.25) is 0 Å². The van der Waals surface area contributed by atoms with Crippen LogP contribution in [0.5, 0.6) is 5.75 Å². The molecule has 0 radical (unpaired) electrons. The Kier molecular flexibility index (Phi) is 9.81. The fourth-order valence-electron chi connectivity index (χ4n) is 1.93. The molecule has 0 fully saturated rings. The number of ether oxygens (including phenoxy) is 1. The lowest BCUT2D eigenvalue weighted by molar-refractivity contribution is 0.311. The van der Waals surface area contributed by atoms with E-state index in [2.05, 4.69) is 25.8 Å². The van der Waals surface area contributed by atoms with Crippen LogP contribution in [-0.2, 0) is 13.6 Å². The molecule has 0 unspecified atom stereocenters. The third-order valence-corrected chi connectivity index (χ3v) is 3.15. The largest absolute Gasteiger partial charge is 0.494 e.